The highest BCUT2D eigenvalue weighted by Gasteiger charge is 2.20. The van der Waals surface area contributed by atoms with Gasteiger partial charge in [0.05, 0.1) is 25.6 Å². The largest absolute Gasteiger partial charge is 0.451 e. The highest BCUT2D eigenvalue weighted by Crippen LogP contribution is 2.30. The van der Waals surface area contributed by atoms with Crippen LogP contribution in [0, 0.1) is 18.8 Å². The lowest BCUT2D eigenvalue weighted by atomic mass is 10.1. The van der Waals surface area contributed by atoms with Crippen LogP contribution in [0.1, 0.15) is 11.1 Å². The quantitative estimate of drug-likeness (QED) is 0.634. The molecule has 1 amide bonds. The summed E-state index contributed by atoms with van der Waals surface area (Å²) >= 11 is 5.86. The molecule has 0 radical (unpaired) electrons. The van der Waals surface area contributed by atoms with Crippen LogP contribution in [0.3, 0.4) is 0 Å². The lowest BCUT2D eigenvalue weighted by Gasteiger charge is -2.21. The van der Waals surface area contributed by atoms with E-state index in [9.17, 15) is 13.6 Å². The molecule has 0 bridgehead atoms. The van der Waals surface area contributed by atoms with E-state index in [-0.39, 0.29) is 22.8 Å². The zero-order valence-electron chi connectivity index (χ0n) is 13.8. The van der Waals surface area contributed by atoms with Crippen molar-refractivity contribution in [1.29, 1.82) is 0 Å². The van der Waals surface area contributed by atoms with Gasteiger partial charge in [0, 0.05) is 12.1 Å². The second-order valence-electron chi connectivity index (χ2n) is 4.94. The minimum absolute atomic E-state index is 0.0837. The highest BCUT2D eigenvalue weighted by atomic mass is 35.5. The number of carbonyl (C=O) groups is 1. The molecular formula is C16H16ClF2N3O3. The van der Waals surface area contributed by atoms with Crippen LogP contribution >= 0.6 is 11.6 Å². The highest BCUT2D eigenvalue weighted by molar-refractivity contribution is 6.33. The van der Waals surface area contributed by atoms with Gasteiger partial charge in [0.1, 0.15) is 5.02 Å². The van der Waals surface area contributed by atoms with Crippen LogP contribution < -0.4 is 10.4 Å². The van der Waals surface area contributed by atoms with Gasteiger partial charge in [-0.3, -0.25) is 4.84 Å². The number of nitrogens with zero attached hydrogens (tertiary/aromatic N) is 2. The Morgan fingerprint density at radius 2 is 1.96 bits per heavy atom. The first-order chi connectivity index (χ1) is 11.9. The van der Waals surface area contributed by atoms with Gasteiger partial charge in [-0.1, -0.05) is 29.8 Å². The fourth-order valence-corrected chi connectivity index (χ4v) is 2.45. The molecule has 6 nitrogen and oxygen atoms in total. The Morgan fingerprint density at radius 1 is 1.28 bits per heavy atom. The first-order valence-electron chi connectivity index (χ1n) is 7.15. The van der Waals surface area contributed by atoms with E-state index in [2.05, 4.69) is 15.0 Å². The number of rotatable bonds is 5. The first-order valence-corrected chi connectivity index (χ1v) is 7.53. The zero-order valence-corrected chi connectivity index (χ0v) is 14.5. The van der Waals surface area contributed by atoms with Crippen LogP contribution in [0.2, 0.25) is 5.02 Å². The Kier molecular flexibility index (Phi) is 6.11. The van der Waals surface area contributed by atoms with Crippen LogP contribution in [-0.4, -0.2) is 25.3 Å². The van der Waals surface area contributed by atoms with Gasteiger partial charge in [-0.25, -0.2) is 4.79 Å². The summed E-state index contributed by atoms with van der Waals surface area (Å²) in [6.07, 6.45) is -0.717. The minimum atomic E-state index is -1.10. The first kappa shape index (κ1) is 18.9. The average molecular weight is 372 g/mol. The third-order valence-electron chi connectivity index (χ3n) is 3.47. The van der Waals surface area contributed by atoms with Crippen molar-refractivity contribution in [2.24, 2.45) is 0 Å². The Balaban J connectivity index is 2.33. The molecule has 0 aliphatic rings. The maximum absolute atomic E-state index is 13.6. The van der Waals surface area contributed by atoms with Gasteiger partial charge in [-0.15, -0.1) is 0 Å². The van der Waals surface area contributed by atoms with Crippen molar-refractivity contribution in [3.63, 3.8) is 0 Å². The Bertz CT molecular complexity index is 763. The average Bonchev–Trinajstić information content (AvgIpc) is 2.61. The van der Waals surface area contributed by atoms with Crippen molar-refractivity contribution in [3.8, 4) is 0 Å². The van der Waals surface area contributed by atoms with E-state index in [1.54, 1.807) is 24.3 Å². The number of anilines is 2. The summed E-state index contributed by atoms with van der Waals surface area (Å²) in [6, 6.07) is 6.81. The fraction of sp³-hybridized carbons (Fsp3) is 0.250. The Hall–Kier alpha value is -2.45. The number of methoxy groups -OCH3 is 1. The standard InChI is InChI=1S/C16H16ClF2N3O3/c1-9-13(12(17)15(19)21-14(9)18)20-8-10-6-4-5-7-11(10)22(25-3)16(23)24-2/h4-7H,8H2,1-3H3,(H,20,21). The van der Waals surface area contributed by atoms with Crippen molar-refractivity contribution < 1.29 is 23.1 Å². The molecule has 1 N–H and O–H groups in total. The van der Waals surface area contributed by atoms with E-state index in [1.807, 2.05) is 0 Å². The smallest absolute Gasteiger partial charge is 0.438 e. The van der Waals surface area contributed by atoms with Crippen LogP contribution in [0.15, 0.2) is 24.3 Å². The number of para-hydroxylation sites is 1. The van der Waals surface area contributed by atoms with E-state index in [4.69, 9.17) is 16.4 Å². The van der Waals surface area contributed by atoms with Gasteiger partial charge in [0.15, 0.2) is 0 Å². The Labute approximate surface area is 148 Å². The molecule has 0 fully saturated rings. The predicted molar refractivity (Wildman–Crippen MR) is 89.6 cm³/mol. The molecule has 1 heterocycles. The molecule has 0 spiro atoms. The molecule has 0 aliphatic carbocycles. The van der Waals surface area contributed by atoms with Gasteiger partial charge in [0.2, 0.25) is 11.9 Å². The van der Waals surface area contributed by atoms with E-state index in [0.29, 0.717) is 11.3 Å². The third-order valence-corrected chi connectivity index (χ3v) is 3.82. The van der Waals surface area contributed by atoms with Crippen LogP contribution in [0.5, 0.6) is 0 Å². The summed E-state index contributed by atoms with van der Waals surface area (Å²) in [5, 5.41) is 3.51. The molecule has 0 saturated heterocycles. The number of carbonyl (C=O) groups excluding carboxylic acids is 1. The van der Waals surface area contributed by atoms with Gasteiger partial charge >= 0.3 is 6.09 Å². The molecule has 9 heteroatoms. The summed E-state index contributed by atoms with van der Waals surface area (Å²) in [7, 11) is 2.54. The molecule has 134 valence electrons. The number of hydrogen-bond donors (Lipinski definition) is 1. The number of ether oxygens (including phenoxy) is 1. The molecule has 0 unspecified atom stereocenters. The van der Waals surface area contributed by atoms with Gasteiger partial charge < -0.3 is 10.1 Å². The SMILES string of the molecule is COC(=O)N(OC)c1ccccc1CNc1c(C)c(F)nc(F)c1Cl. The molecule has 0 atom stereocenters. The number of halogens is 3. The molecule has 2 aromatic rings. The topological polar surface area (TPSA) is 63.7 Å². The fourth-order valence-electron chi connectivity index (χ4n) is 2.20. The molecule has 2 rings (SSSR count). The molecule has 0 aliphatic heterocycles. The monoisotopic (exact) mass is 371 g/mol. The number of aromatic nitrogens is 1. The lowest BCUT2D eigenvalue weighted by Crippen LogP contribution is -2.30. The lowest BCUT2D eigenvalue weighted by molar-refractivity contribution is 0.115. The van der Waals surface area contributed by atoms with Crippen molar-refractivity contribution in [1.82, 2.24) is 4.98 Å². The number of pyridine rings is 1. The number of nitrogens with one attached hydrogen (secondary N) is 1. The van der Waals surface area contributed by atoms with Crippen molar-refractivity contribution in [2.45, 2.75) is 13.5 Å². The zero-order chi connectivity index (χ0) is 18.6. The van der Waals surface area contributed by atoms with Gasteiger partial charge in [0.25, 0.3) is 0 Å². The minimum Gasteiger partial charge on any atom is -0.451 e. The maximum Gasteiger partial charge on any atom is 0.438 e. The number of benzene rings is 1. The molecule has 1 aromatic carbocycles. The Morgan fingerprint density at radius 3 is 2.60 bits per heavy atom. The van der Waals surface area contributed by atoms with E-state index in [1.165, 1.54) is 21.1 Å². The number of hydroxylamine groups is 1. The van der Waals surface area contributed by atoms with Crippen LogP contribution in [0.4, 0.5) is 25.0 Å². The normalized spacial score (nSPS) is 10.5. The number of amides is 1. The van der Waals surface area contributed by atoms with E-state index < -0.39 is 18.0 Å². The van der Waals surface area contributed by atoms with E-state index >= 15 is 0 Å². The van der Waals surface area contributed by atoms with Crippen molar-refractivity contribution >= 4 is 29.1 Å². The maximum atomic E-state index is 13.6. The summed E-state index contributed by atoms with van der Waals surface area (Å²) < 4.78 is 31.8. The molecule has 0 saturated carbocycles. The molecular weight excluding hydrogens is 356 g/mol. The van der Waals surface area contributed by atoms with Crippen LogP contribution in [0.25, 0.3) is 0 Å². The third kappa shape index (κ3) is 3.97. The number of hydrogen-bond acceptors (Lipinski definition) is 5. The van der Waals surface area contributed by atoms with Crippen molar-refractivity contribution in [2.75, 3.05) is 24.6 Å². The predicted octanol–water partition coefficient (Wildman–Crippen LogP) is 4.07. The second-order valence-corrected chi connectivity index (χ2v) is 5.31. The van der Waals surface area contributed by atoms with Crippen molar-refractivity contribution in [3.05, 3.63) is 52.3 Å². The molecule has 25 heavy (non-hydrogen) atoms. The van der Waals surface area contributed by atoms with E-state index in [0.717, 1.165) is 5.06 Å². The van der Waals surface area contributed by atoms with Crippen LogP contribution in [-0.2, 0) is 16.1 Å². The summed E-state index contributed by atoms with van der Waals surface area (Å²) in [6.45, 7) is 1.55. The summed E-state index contributed by atoms with van der Waals surface area (Å²) in [4.78, 5) is 19.9. The summed E-state index contributed by atoms with van der Waals surface area (Å²) in [5.41, 5.74) is 1.19. The van der Waals surface area contributed by atoms with Gasteiger partial charge in [-0.2, -0.15) is 18.8 Å². The summed E-state index contributed by atoms with van der Waals surface area (Å²) in [5.74, 6) is -2.06. The second kappa shape index (κ2) is 8.09. The van der Waals surface area contributed by atoms with Gasteiger partial charge in [-0.05, 0) is 18.6 Å². The molecule has 1 aromatic heterocycles.